The number of carbonyl (C=O) groups is 2. The fraction of sp³-hybridized carbons (Fsp3) is 0.231. The first-order valence-electron chi connectivity index (χ1n) is 6.51. The van der Waals surface area contributed by atoms with Gasteiger partial charge in [0.1, 0.15) is 5.01 Å². The van der Waals surface area contributed by atoms with Gasteiger partial charge in [0.15, 0.2) is 0 Å². The summed E-state index contributed by atoms with van der Waals surface area (Å²) in [5.41, 5.74) is 3.23. The van der Waals surface area contributed by atoms with E-state index in [9.17, 15) is 9.59 Å². The first kappa shape index (κ1) is 15.7. The van der Waals surface area contributed by atoms with E-state index in [4.69, 9.17) is 0 Å². The highest BCUT2D eigenvalue weighted by molar-refractivity contribution is 7.15. The van der Waals surface area contributed by atoms with Gasteiger partial charge < -0.3 is 5.32 Å². The molecule has 0 saturated heterocycles. The zero-order valence-corrected chi connectivity index (χ0v) is 12.6. The largest absolute Gasteiger partial charge is 0.301 e. The van der Waals surface area contributed by atoms with E-state index in [-0.39, 0.29) is 18.2 Å². The van der Waals surface area contributed by atoms with E-state index in [1.807, 2.05) is 0 Å². The molecule has 2 heterocycles. The molecule has 0 aromatic carbocycles. The predicted molar refractivity (Wildman–Crippen MR) is 82.5 cm³/mol. The Balaban J connectivity index is 1.82. The number of carbonyl (C=O) groups excluding carboxylic acids is 2. The lowest BCUT2D eigenvalue weighted by atomic mass is 10.3. The molecular formula is C13H14N6O2S. The summed E-state index contributed by atoms with van der Waals surface area (Å²) in [4.78, 5) is 26.8. The van der Waals surface area contributed by atoms with Crippen molar-refractivity contribution in [1.82, 2.24) is 20.6 Å². The highest BCUT2D eigenvalue weighted by Gasteiger charge is 2.10. The van der Waals surface area contributed by atoms with E-state index < -0.39 is 0 Å². The molecule has 0 radical (unpaired) electrons. The number of aromatic nitrogens is 3. The minimum atomic E-state index is -0.310. The molecule has 8 nitrogen and oxygen atoms in total. The van der Waals surface area contributed by atoms with Crippen molar-refractivity contribution in [2.45, 2.75) is 19.8 Å². The number of rotatable bonds is 6. The molecule has 0 bridgehead atoms. The summed E-state index contributed by atoms with van der Waals surface area (Å²) in [5, 5.41) is 15.0. The maximum Gasteiger partial charge on any atom is 0.247 e. The summed E-state index contributed by atoms with van der Waals surface area (Å²) in [6, 6.07) is 3.53. The molecule has 0 spiro atoms. The molecule has 2 amide bonds. The fourth-order valence-corrected chi connectivity index (χ4v) is 2.14. The molecule has 0 atom stereocenters. The smallest absolute Gasteiger partial charge is 0.247 e. The van der Waals surface area contributed by atoms with E-state index in [2.05, 4.69) is 31.0 Å². The normalized spacial score (nSPS) is 10.6. The van der Waals surface area contributed by atoms with Crippen LogP contribution in [-0.4, -0.2) is 33.2 Å². The minimum absolute atomic E-state index is 0.0490. The van der Waals surface area contributed by atoms with Crippen molar-refractivity contribution in [3.63, 3.8) is 0 Å². The maximum absolute atomic E-state index is 11.7. The molecule has 2 rings (SSSR count). The molecule has 9 heteroatoms. The average Bonchev–Trinajstić information content (AvgIpc) is 2.95. The van der Waals surface area contributed by atoms with Gasteiger partial charge in [-0.05, 0) is 17.7 Å². The number of nitrogens with one attached hydrogen (secondary N) is 2. The lowest BCUT2D eigenvalue weighted by Crippen LogP contribution is -2.19. The highest BCUT2D eigenvalue weighted by Crippen LogP contribution is 2.15. The Morgan fingerprint density at radius 2 is 2.05 bits per heavy atom. The number of hydrazone groups is 1. The summed E-state index contributed by atoms with van der Waals surface area (Å²) < 4.78 is 0. The summed E-state index contributed by atoms with van der Waals surface area (Å²) >= 11 is 1.16. The molecule has 2 aromatic rings. The molecule has 22 heavy (non-hydrogen) atoms. The standard InChI is InChI=1S/C13H14N6O2S/c1-2-10(20)16-13-19-18-12(22-13)7-11(21)17-15-8-9-3-5-14-6-4-9/h3-6,8H,2,7H2,1H3,(H,17,21)(H,16,19,20). The zero-order valence-electron chi connectivity index (χ0n) is 11.8. The Hall–Kier alpha value is -2.68. The van der Waals surface area contributed by atoms with Gasteiger partial charge in [0.2, 0.25) is 16.9 Å². The molecule has 0 aliphatic rings. The van der Waals surface area contributed by atoms with Crippen LogP contribution in [0.1, 0.15) is 23.9 Å². The molecule has 114 valence electrons. The van der Waals surface area contributed by atoms with Gasteiger partial charge in [-0.1, -0.05) is 18.3 Å². The van der Waals surface area contributed by atoms with Crippen LogP contribution in [0.2, 0.25) is 0 Å². The molecule has 0 fully saturated rings. The predicted octanol–water partition coefficient (Wildman–Crippen LogP) is 0.974. The van der Waals surface area contributed by atoms with Gasteiger partial charge >= 0.3 is 0 Å². The van der Waals surface area contributed by atoms with Gasteiger partial charge in [0.05, 0.1) is 12.6 Å². The maximum atomic E-state index is 11.7. The van der Waals surface area contributed by atoms with E-state index in [1.165, 1.54) is 6.21 Å². The third-order valence-corrected chi connectivity index (χ3v) is 3.29. The van der Waals surface area contributed by atoms with Crippen molar-refractivity contribution < 1.29 is 9.59 Å². The van der Waals surface area contributed by atoms with Gasteiger partial charge in [0, 0.05) is 18.8 Å². The Kier molecular flexibility index (Phi) is 5.66. The second-order valence-electron chi connectivity index (χ2n) is 4.15. The number of nitrogens with zero attached hydrogens (tertiary/aromatic N) is 4. The van der Waals surface area contributed by atoms with Crippen LogP contribution < -0.4 is 10.7 Å². The number of hydrogen-bond donors (Lipinski definition) is 2. The Labute approximate surface area is 130 Å². The highest BCUT2D eigenvalue weighted by atomic mass is 32.1. The topological polar surface area (TPSA) is 109 Å². The summed E-state index contributed by atoms with van der Waals surface area (Å²) in [6.07, 6.45) is 5.20. The molecule has 0 aliphatic carbocycles. The minimum Gasteiger partial charge on any atom is -0.301 e. The fourth-order valence-electron chi connectivity index (χ4n) is 1.39. The van der Waals surface area contributed by atoms with Crippen LogP contribution in [0.5, 0.6) is 0 Å². The van der Waals surface area contributed by atoms with E-state index in [0.29, 0.717) is 16.6 Å². The van der Waals surface area contributed by atoms with Gasteiger partial charge in [-0.3, -0.25) is 14.6 Å². The number of amides is 2. The third-order valence-electron chi connectivity index (χ3n) is 2.46. The summed E-state index contributed by atoms with van der Waals surface area (Å²) in [6.45, 7) is 1.74. The van der Waals surface area contributed by atoms with E-state index in [0.717, 1.165) is 16.9 Å². The van der Waals surface area contributed by atoms with Crippen molar-refractivity contribution in [3.05, 3.63) is 35.1 Å². The molecule has 2 aromatic heterocycles. The zero-order chi connectivity index (χ0) is 15.8. The van der Waals surface area contributed by atoms with E-state index in [1.54, 1.807) is 31.5 Å². The van der Waals surface area contributed by atoms with Crippen LogP contribution in [0.25, 0.3) is 0 Å². The van der Waals surface area contributed by atoms with Crippen molar-refractivity contribution in [1.29, 1.82) is 0 Å². The van der Waals surface area contributed by atoms with Crippen LogP contribution in [-0.2, 0) is 16.0 Å². The van der Waals surface area contributed by atoms with Gasteiger partial charge in [-0.15, -0.1) is 10.2 Å². The molecular weight excluding hydrogens is 304 g/mol. The van der Waals surface area contributed by atoms with Gasteiger partial charge in [-0.25, -0.2) is 5.43 Å². The summed E-state index contributed by atoms with van der Waals surface area (Å²) in [7, 11) is 0. The van der Waals surface area contributed by atoms with Gasteiger partial charge in [-0.2, -0.15) is 5.10 Å². The van der Waals surface area contributed by atoms with Crippen LogP contribution >= 0.6 is 11.3 Å². The molecule has 2 N–H and O–H groups in total. The van der Waals surface area contributed by atoms with Crippen LogP contribution in [0.3, 0.4) is 0 Å². The third kappa shape index (κ3) is 5.02. The second kappa shape index (κ2) is 7.93. The lowest BCUT2D eigenvalue weighted by Gasteiger charge is -1.96. The molecule has 0 aliphatic heterocycles. The van der Waals surface area contributed by atoms with Crippen LogP contribution in [0.15, 0.2) is 29.6 Å². The first-order chi connectivity index (χ1) is 10.7. The molecule has 0 saturated carbocycles. The van der Waals surface area contributed by atoms with Crippen LogP contribution in [0, 0.1) is 0 Å². The second-order valence-corrected chi connectivity index (χ2v) is 5.22. The monoisotopic (exact) mass is 318 g/mol. The number of hydrogen-bond acceptors (Lipinski definition) is 7. The number of pyridine rings is 1. The first-order valence-corrected chi connectivity index (χ1v) is 7.33. The average molecular weight is 318 g/mol. The Morgan fingerprint density at radius 3 is 2.77 bits per heavy atom. The van der Waals surface area contributed by atoms with Crippen molar-refractivity contribution in [3.8, 4) is 0 Å². The Morgan fingerprint density at radius 1 is 1.27 bits per heavy atom. The lowest BCUT2D eigenvalue weighted by molar-refractivity contribution is -0.120. The van der Waals surface area contributed by atoms with Gasteiger partial charge in [0.25, 0.3) is 0 Å². The SMILES string of the molecule is CCC(=O)Nc1nnc(CC(=O)NN=Cc2ccncc2)s1. The number of anilines is 1. The van der Waals surface area contributed by atoms with Crippen molar-refractivity contribution in [2.24, 2.45) is 5.10 Å². The van der Waals surface area contributed by atoms with Crippen molar-refractivity contribution in [2.75, 3.05) is 5.32 Å². The van der Waals surface area contributed by atoms with E-state index >= 15 is 0 Å². The summed E-state index contributed by atoms with van der Waals surface area (Å²) in [5.74, 6) is -0.455. The quantitative estimate of drug-likeness (QED) is 0.609. The Bertz CT molecular complexity index is 670. The molecule has 0 unspecified atom stereocenters. The van der Waals surface area contributed by atoms with Crippen LogP contribution in [0.4, 0.5) is 5.13 Å². The van der Waals surface area contributed by atoms with Crippen molar-refractivity contribution >= 4 is 34.5 Å².